The van der Waals surface area contributed by atoms with Gasteiger partial charge >= 0.3 is 12.1 Å². The van der Waals surface area contributed by atoms with Gasteiger partial charge in [0.05, 0.1) is 12.7 Å². The maximum Gasteiger partial charge on any atom is 0.416 e. The lowest BCUT2D eigenvalue weighted by Gasteiger charge is -2.20. The number of fused-ring (bicyclic) bond motifs is 1. The molecule has 0 aliphatic rings. The van der Waals surface area contributed by atoms with Crippen LogP contribution in [0.2, 0.25) is 0 Å². The topological polar surface area (TPSA) is 75.6 Å². The minimum atomic E-state index is -4.53. The molecule has 0 aliphatic carbocycles. The average Bonchev–Trinajstić information content (AvgIpc) is 2.77. The van der Waals surface area contributed by atoms with Gasteiger partial charge in [-0.1, -0.05) is 54.6 Å². The van der Waals surface area contributed by atoms with Gasteiger partial charge in [-0.3, -0.25) is 4.79 Å². The van der Waals surface area contributed by atoms with Crippen LogP contribution in [0.1, 0.15) is 22.8 Å². The molecule has 2 atom stereocenters. The Morgan fingerprint density at radius 3 is 2.29 bits per heavy atom. The number of rotatable bonds is 6. The molecule has 8 heteroatoms. The van der Waals surface area contributed by atoms with E-state index in [0.717, 1.165) is 40.6 Å². The Morgan fingerprint density at radius 2 is 1.65 bits per heavy atom. The van der Waals surface area contributed by atoms with Gasteiger partial charge in [-0.05, 0) is 34.0 Å². The Bertz CT molecular complexity index is 1070. The van der Waals surface area contributed by atoms with Gasteiger partial charge in [0.2, 0.25) is 0 Å². The maximum absolute atomic E-state index is 12.7. The van der Waals surface area contributed by atoms with E-state index in [2.05, 4.69) is 5.32 Å². The number of hydrogen-bond acceptors (Lipinski definition) is 4. The summed E-state index contributed by atoms with van der Waals surface area (Å²) in [5.74, 6) is -1.63. The number of nitrogens with one attached hydrogen (secondary N) is 1. The van der Waals surface area contributed by atoms with E-state index in [4.69, 9.17) is 4.74 Å². The zero-order valence-corrected chi connectivity index (χ0v) is 16.5. The molecule has 0 unspecified atom stereocenters. The Hall–Kier alpha value is -3.39. The summed E-state index contributed by atoms with van der Waals surface area (Å²) in [5, 5.41) is 14.6. The molecular formula is C23H20F3NO4. The van der Waals surface area contributed by atoms with Gasteiger partial charge in [0.25, 0.3) is 5.91 Å². The first kappa shape index (κ1) is 22.3. The van der Waals surface area contributed by atoms with Crippen molar-refractivity contribution in [2.45, 2.75) is 24.7 Å². The molecule has 162 valence electrons. The van der Waals surface area contributed by atoms with Crippen molar-refractivity contribution >= 4 is 22.6 Å². The van der Waals surface area contributed by atoms with Gasteiger partial charge in [-0.2, -0.15) is 13.2 Å². The standard InChI is InChI=1S/C23H20F3NO4/c1-31-22(30)19(13-16-7-4-6-14-5-2-3-8-18(14)16)27-21(29)20(28)15-9-11-17(12-10-15)23(24,25)26/h2-12,19-20,28H,13H2,1H3,(H,27,29)/t19-,20-/m1/s1. The van der Waals surface area contributed by atoms with E-state index in [0.29, 0.717) is 0 Å². The molecule has 0 heterocycles. The molecule has 0 spiro atoms. The molecule has 0 saturated heterocycles. The molecule has 0 aliphatic heterocycles. The Balaban J connectivity index is 1.79. The fraction of sp³-hybridized carbons (Fsp3) is 0.217. The Morgan fingerprint density at radius 1 is 1.00 bits per heavy atom. The number of esters is 1. The second kappa shape index (κ2) is 9.18. The number of carbonyl (C=O) groups is 2. The van der Waals surface area contributed by atoms with E-state index in [1.165, 1.54) is 7.11 Å². The van der Waals surface area contributed by atoms with Crippen LogP contribution in [0.15, 0.2) is 66.7 Å². The number of ether oxygens (including phenoxy) is 1. The SMILES string of the molecule is COC(=O)[C@@H](Cc1cccc2ccccc12)NC(=O)[C@H](O)c1ccc(C(F)(F)F)cc1. The number of aliphatic hydroxyl groups is 1. The third kappa shape index (κ3) is 5.21. The van der Waals surface area contributed by atoms with Crippen molar-refractivity contribution in [3.05, 3.63) is 83.4 Å². The molecule has 3 rings (SSSR count). The van der Waals surface area contributed by atoms with Gasteiger partial charge in [0.15, 0.2) is 6.10 Å². The van der Waals surface area contributed by atoms with Crippen molar-refractivity contribution in [3.8, 4) is 0 Å². The number of halogens is 3. The first-order valence-electron chi connectivity index (χ1n) is 9.41. The van der Waals surface area contributed by atoms with Gasteiger partial charge in [-0.25, -0.2) is 4.79 Å². The summed E-state index contributed by atoms with van der Waals surface area (Å²) in [6.07, 6.45) is -6.17. The van der Waals surface area contributed by atoms with E-state index in [-0.39, 0.29) is 12.0 Å². The van der Waals surface area contributed by atoms with Crippen molar-refractivity contribution in [2.24, 2.45) is 0 Å². The smallest absolute Gasteiger partial charge is 0.416 e. The van der Waals surface area contributed by atoms with Crippen LogP contribution < -0.4 is 5.32 Å². The van der Waals surface area contributed by atoms with E-state index in [1.54, 1.807) is 0 Å². The molecule has 1 amide bonds. The van der Waals surface area contributed by atoms with Crippen molar-refractivity contribution in [2.75, 3.05) is 7.11 Å². The Kier molecular flexibility index (Phi) is 6.60. The molecule has 0 aromatic heterocycles. The monoisotopic (exact) mass is 431 g/mol. The molecule has 2 N–H and O–H groups in total. The summed E-state index contributed by atoms with van der Waals surface area (Å²) in [7, 11) is 1.18. The summed E-state index contributed by atoms with van der Waals surface area (Å²) in [5.41, 5.74) is -0.135. The summed E-state index contributed by atoms with van der Waals surface area (Å²) in [6.45, 7) is 0. The van der Waals surface area contributed by atoms with Crippen LogP contribution in [0.4, 0.5) is 13.2 Å². The van der Waals surface area contributed by atoms with Gasteiger partial charge in [0.1, 0.15) is 6.04 Å². The predicted molar refractivity (Wildman–Crippen MR) is 108 cm³/mol. The third-order valence-electron chi connectivity index (χ3n) is 4.91. The molecule has 0 radical (unpaired) electrons. The fourth-order valence-corrected chi connectivity index (χ4v) is 3.28. The normalized spacial score (nSPS) is 13.5. The number of alkyl halides is 3. The highest BCUT2D eigenvalue weighted by Crippen LogP contribution is 2.30. The van der Waals surface area contributed by atoms with E-state index in [9.17, 15) is 27.9 Å². The highest BCUT2D eigenvalue weighted by atomic mass is 19.4. The van der Waals surface area contributed by atoms with E-state index < -0.39 is 35.8 Å². The molecule has 0 bridgehead atoms. The minimum absolute atomic E-state index is 0.0284. The predicted octanol–water partition coefficient (Wildman–Crippen LogP) is 3.79. The lowest BCUT2D eigenvalue weighted by molar-refractivity contribution is -0.146. The average molecular weight is 431 g/mol. The van der Waals surface area contributed by atoms with Crippen molar-refractivity contribution in [3.63, 3.8) is 0 Å². The summed E-state index contributed by atoms with van der Waals surface area (Å²) < 4.78 is 42.9. The molecule has 0 fully saturated rings. The zero-order chi connectivity index (χ0) is 22.6. The molecule has 3 aromatic rings. The van der Waals surface area contributed by atoms with E-state index >= 15 is 0 Å². The number of hydrogen-bond donors (Lipinski definition) is 2. The summed E-state index contributed by atoms with van der Waals surface area (Å²) >= 11 is 0. The maximum atomic E-state index is 12.7. The first-order valence-corrected chi connectivity index (χ1v) is 9.41. The largest absolute Gasteiger partial charge is 0.467 e. The first-order chi connectivity index (χ1) is 14.7. The van der Waals surface area contributed by atoms with Crippen molar-refractivity contribution in [1.29, 1.82) is 0 Å². The number of benzene rings is 3. The molecule has 3 aromatic carbocycles. The number of methoxy groups -OCH3 is 1. The van der Waals surface area contributed by atoms with Gasteiger partial charge < -0.3 is 15.2 Å². The van der Waals surface area contributed by atoms with Crippen LogP contribution >= 0.6 is 0 Å². The van der Waals surface area contributed by atoms with Crippen molar-refractivity contribution in [1.82, 2.24) is 5.32 Å². The third-order valence-corrected chi connectivity index (χ3v) is 4.91. The Labute approximate surface area is 176 Å². The highest BCUT2D eigenvalue weighted by Gasteiger charge is 2.31. The van der Waals surface area contributed by atoms with Crippen LogP contribution in [-0.2, 0) is 26.9 Å². The van der Waals surface area contributed by atoms with Crippen LogP contribution in [0.3, 0.4) is 0 Å². The zero-order valence-electron chi connectivity index (χ0n) is 16.5. The summed E-state index contributed by atoms with van der Waals surface area (Å²) in [6, 6.07) is 15.6. The van der Waals surface area contributed by atoms with Crippen LogP contribution in [0.25, 0.3) is 10.8 Å². The quantitative estimate of drug-likeness (QED) is 0.583. The molecular weight excluding hydrogens is 411 g/mol. The van der Waals surface area contributed by atoms with Crippen LogP contribution in [0, 0.1) is 0 Å². The second-order valence-corrected chi connectivity index (χ2v) is 6.95. The minimum Gasteiger partial charge on any atom is -0.467 e. The molecule has 5 nitrogen and oxygen atoms in total. The van der Waals surface area contributed by atoms with Crippen LogP contribution in [0.5, 0.6) is 0 Å². The molecule has 0 saturated carbocycles. The number of carbonyl (C=O) groups excluding carboxylic acids is 2. The lowest BCUT2D eigenvalue weighted by Crippen LogP contribution is -2.45. The van der Waals surface area contributed by atoms with E-state index in [1.807, 2.05) is 42.5 Å². The number of aliphatic hydroxyl groups excluding tert-OH is 1. The summed E-state index contributed by atoms with van der Waals surface area (Å²) in [4.78, 5) is 24.8. The second-order valence-electron chi connectivity index (χ2n) is 6.95. The fourth-order valence-electron chi connectivity index (χ4n) is 3.28. The van der Waals surface area contributed by atoms with Gasteiger partial charge in [-0.15, -0.1) is 0 Å². The van der Waals surface area contributed by atoms with Gasteiger partial charge in [0, 0.05) is 6.42 Å². The highest BCUT2D eigenvalue weighted by molar-refractivity contribution is 5.89. The lowest BCUT2D eigenvalue weighted by atomic mass is 9.98. The van der Waals surface area contributed by atoms with Crippen molar-refractivity contribution < 1.29 is 32.6 Å². The number of amides is 1. The van der Waals surface area contributed by atoms with Crippen LogP contribution in [-0.4, -0.2) is 30.1 Å². The molecule has 31 heavy (non-hydrogen) atoms.